The molecule has 1 heterocycles. The number of benzene rings is 1. The largest absolute Gasteiger partial charge is 0.339 e. The first kappa shape index (κ1) is 12.4. The Labute approximate surface area is 108 Å². The number of nitrogens with zero attached hydrogens (tertiary/aromatic N) is 1. The van der Waals surface area contributed by atoms with Gasteiger partial charge in [0.1, 0.15) is 0 Å². The smallest absolute Gasteiger partial charge is 0.255 e. The van der Waals surface area contributed by atoms with Crippen molar-refractivity contribution in [1.82, 2.24) is 4.90 Å². The van der Waals surface area contributed by atoms with E-state index in [4.69, 9.17) is 11.6 Å². The molecule has 0 atom stereocenters. The summed E-state index contributed by atoms with van der Waals surface area (Å²) in [6.45, 7) is 5.96. The molecule has 0 aliphatic carbocycles. The summed E-state index contributed by atoms with van der Waals surface area (Å²) in [5, 5.41) is 0.577. The lowest BCUT2D eigenvalue weighted by atomic mass is 10.0. The van der Waals surface area contributed by atoms with Crippen LogP contribution in [0.2, 0.25) is 5.02 Å². The third kappa shape index (κ3) is 2.63. The zero-order valence-electron chi connectivity index (χ0n) is 10.4. The van der Waals surface area contributed by atoms with Crippen LogP contribution in [0.3, 0.4) is 0 Å². The van der Waals surface area contributed by atoms with Gasteiger partial charge in [-0.15, -0.1) is 0 Å². The van der Waals surface area contributed by atoms with E-state index in [0.29, 0.717) is 16.5 Å². The number of amides is 1. The van der Waals surface area contributed by atoms with E-state index in [0.717, 1.165) is 25.9 Å². The van der Waals surface area contributed by atoms with Crippen molar-refractivity contribution in [3.8, 4) is 0 Å². The van der Waals surface area contributed by atoms with E-state index in [1.807, 2.05) is 23.1 Å². The van der Waals surface area contributed by atoms with Gasteiger partial charge in [-0.1, -0.05) is 31.5 Å². The Morgan fingerprint density at radius 1 is 1.29 bits per heavy atom. The topological polar surface area (TPSA) is 20.3 Å². The van der Waals surface area contributed by atoms with Crippen molar-refractivity contribution in [1.29, 1.82) is 0 Å². The summed E-state index contributed by atoms with van der Waals surface area (Å²) in [5.41, 5.74) is 1.81. The van der Waals surface area contributed by atoms with Crippen LogP contribution in [0.5, 0.6) is 0 Å². The van der Waals surface area contributed by atoms with E-state index in [1.165, 1.54) is 5.56 Å². The molecule has 17 heavy (non-hydrogen) atoms. The van der Waals surface area contributed by atoms with Crippen molar-refractivity contribution in [2.75, 3.05) is 13.1 Å². The van der Waals surface area contributed by atoms with Gasteiger partial charge < -0.3 is 4.90 Å². The molecule has 0 radical (unpaired) electrons. The predicted molar refractivity (Wildman–Crippen MR) is 70.7 cm³/mol. The van der Waals surface area contributed by atoms with Gasteiger partial charge in [-0.2, -0.15) is 0 Å². The van der Waals surface area contributed by atoms with Gasteiger partial charge in [0.2, 0.25) is 0 Å². The fourth-order valence-electron chi connectivity index (χ4n) is 2.15. The second-order valence-corrected chi connectivity index (χ2v) is 5.30. The molecule has 1 saturated heterocycles. The molecular formula is C14H18ClNO. The molecule has 1 amide bonds. The minimum atomic E-state index is 0.0720. The zero-order chi connectivity index (χ0) is 12.4. The lowest BCUT2D eigenvalue weighted by Crippen LogP contribution is -2.27. The molecule has 0 aromatic heterocycles. The SMILES string of the molecule is CC(C)c1ccc(C(=O)N2CCCC2)c(Cl)c1. The zero-order valence-corrected chi connectivity index (χ0v) is 11.1. The predicted octanol–water partition coefficient (Wildman–Crippen LogP) is 3.70. The van der Waals surface area contributed by atoms with Gasteiger partial charge >= 0.3 is 0 Å². The van der Waals surface area contributed by atoms with Crippen molar-refractivity contribution in [2.24, 2.45) is 0 Å². The van der Waals surface area contributed by atoms with Gasteiger partial charge in [0.15, 0.2) is 0 Å². The van der Waals surface area contributed by atoms with Crippen molar-refractivity contribution in [3.05, 3.63) is 34.3 Å². The number of rotatable bonds is 2. The Balaban J connectivity index is 2.23. The van der Waals surface area contributed by atoms with Crippen molar-refractivity contribution >= 4 is 17.5 Å². The summed E-state index contributed by atoms with van der Waals surface area (Å²) in [7, 11) is 0. The Morgan fingerprint density at radius 3 is 2.47 bits per heavy atom. The highest BCUT2D eigenvalue weighted by molar-refractivity contribution is 6.33. The van der Waals surface area contributed by atoms with Crippen LogP contribution in [0.25, 0.3) is 0 Å². The number of hydrogen-bond donors (Lipinski definition) is 0. The minimum absolute atomic E-state index is 0.0720. The molecule has 2 rings (SSSR count). The Bertz CT molecular complexity index is 422. The lowest BCUT2D eigenvalue weighted by Gasteiger charge is -2.17. The van der Waals surface area contributed by atoms with Crippen molar-refractivity contribution < 1.29 is 4.79 Å². The molecule has 92 valence electrons. The van der Waals surface area contributed by atoms with Gasteiger partial charge in [0, 0.05) is 13.1 Å². The van der Waals surface area contributed by atoms with Crippen LogP contribution in [0, 0.1) is 0 Å². The maximum absolute atomic E-state index is 12.2. The molecule has 3 heteroatoms. The highest BCUT2D eigenvalue weighted by Gasteiger charge is 2.21. The first-order valence-electron chi connectivity index (χ1n) is 6.18. The van der Waals surface area contributed by atoms with E-state index in [1.54, 1.807) is 0 Å². The minimum Gasteiger partial charge on any atom is -0.339 e. The highest BCUT2D eigenvalue weighted by atomic mass is 35.5. The summed E-state index contributed by atoms with van der Waals surface area (Å²) in [5.74, 6) is 0.506. The Kier molecular flexibility index (Phi) is 3.72. The summed E-state index contributed by atoms with van der Waals surface area (Å²) in [4.78, 5) is 14.1. The fourth-order valence-corrected chi connectivity index (χ4v) is 2.42. The van der Waals surface area contributed by atoms with Gasteiger partial charge in [-0.25, -0.2) is 0 Å². The lowest BCUT2D eigenvalue weighted by molar-refractivity contribution is 0.0793. The highest BCUT2D eigenvalue weighted by Crippen LogP contribution is 2.24. The summed E-state index contributed by atoms with van der Waals surface area (Å²) >= 11 is 6.20. The molecule has 1 aromatic carbocycles. The second kappa shape index (κ2) is 5.09. The van der Waals surface area contributed by atoms with E-state index in [9.17, 15) is 4.79 Å². The van der Waals surface area contributed by atoms with Gasteiger partial charge in [0.05, 0.1) is 10.6 Å². The Morgan fingerprint density at radius 2 is 1.94 bits per heavy atom. The fraction of sp³-hybridized carbons (Fsp3) is 0.500. The first-order valence-corrected chi connectivity index (χ1v) is 6.56. The monoisotopic (exact) mass is 251 g/mol. The van der Waals surface area contributed by atoms with Crippen LogP contribution in [0.15, 0.2) is 18.2 Å². The van der Waals surface area contributed by atoms with Crippen molar-refractivity contribution in [2.45, 2.75) is 32.6 Å². The van der Waals surface area contributed by atoms with Crippen molar-refractivity contribution in [3.63, 3.8) is 0 Å². The van der Waals surface area contributed by atoms with Crippen LogP contribution in [0.4, 0.5) is 0 Å². The summed E-state index contributed by atoms with van der Waals surface area (Å²) in [6.07, 6.45) is 2.21. The molecule has 0 N–H and O–H groups in total. The van der Waals surface area contributed by atoms with E-state index in [-0.39, 0.29) is 5.91 Å². The first-order chi connectivity index (χ1) is 8.09. The molecule has 1 aliphatic rings. The molecule has 0 bridgehead atoms. The van der Waals surface area contributed by atoms with Crippen LogP contribution in [-0.2, 0) is 0 Å². The van der Waals surface area contributed by atoms with E-state index >= 15 is 0 Å². The molecule has 1 aromatic rings. The normalized spacial score (nSPS) is 15.6. The van der Waals surface area contributed by atoms with Crippen LogP contribution in [0.1, 0.15) is 48.5 Å². The van der Waals surface area contributed by atoms with Crippen LogP contribution >= 0.6 is 11.6 Å². The second-order valence-electron chi connectivity index (χ2n) is 4.89. The number of likely N-dealkylation sites (tertiary alicyclic amines) is 1. The maximum Gasteiger partial charge on any atom is 0.255 e. The number of hydrogen-bond acceptors (Lipinski definition) is 1. The molecule has 1 fully saturated rings. The average Bonchev–Trinajstić information content (AvgIpc) is 2.81. The molecule has 1 aliphatic heterocycles. The maximum atomic E-state index is 12.2. The number of carbonyl (C=O) groups is 1. The number of carbonyl (C=O) groups excluding carboxylic acids is 1. The van der Waals surface area contributed by atoms with E-state index < -0.39 is 0 Å². The van der Waals surface area contributed by atoms with Crippen LogP contribution < -0.4 is 0 Å². The van der Waals surface area contributed by atoms with E-state index in [2.05, 4.69) is 13.8 Å². The van der Waals surface area contributed by atoms with Gasteiger partial charge in [-0.05, 0) is 36.5 Å². The van der Waals surface area contributed by atoms with Gasteiger partial charge in [0.25, 0.3) is 5.91 Å². The Hall–Kier alpha value is -1.02. The molecule has 0 spiro atoms. The third-order valence-corrected chi connectivity index (χ3v) is 3.60. The standard InChI is InChI=1S/C14H18ClNO/c1-10(2)11-5-6-12(13(15)9-11)14(17)16-7-3-4-8-16/h5-6,9-10H,3-4,7-8H2,1-2H3. The van der Waals surface area contributed by atoms with Crippen LogP contribution in [-0.4, -0.2) is 23.9 Å². The molecular weight excluding hydrogens is 234 g/mol. The third-order valence-electron chi connectivity index (χ3n) is 3.28. The number of halogens is 1. The van der Waals surface area contributed by atoms with Gasteiger partial charge in [-0.3, -0.25) is 4.79 Å². The molecule has 2 nitrogen and oxygen atoms in total. The molecule has 0 unspecified atom stereocenters. The average molecular weight is 252 g/mol. The molecule has 0 saturated carbocycles. The summed E-state index contributed by atoms with van der Waals surface area (Å²) < 4.78 is 0. The quantitative estimate of drug-likeness (QED) is 0.785. The summed E-state index contributed by atoms with van der Waals surface area (Å²) in [6, 6.07) is 5.77.